The van der Waals surface area contributed by atoms with Crippen LogP contribution in [0, 0.1) is 30.9 Å². The third-order valence-corrected chi connectivity index (χ3v) is 3.31. The van der Waals surface area contributed by atoms with Gasteiger partial charge in [-0.25, -0.2) is 4.98 Å². The van der Waals surface area contributed by atoms with Crippen LogP contribution >= 0.6 is 0 Å². The highest BCUT2D eigenvalue weighted by atomic mass is 16.6. The van der Waals surface area contributed by atoms with Gasteiger partial charge in [0.1, 0.15) is 5.82 Å². The van der Waals surface area contributed by atoms with Gasteiger partial charge in [-0.15, -0.1) is 0 Å². The number of aromatic nitrogens is 1. The fourth-order valence-electron chi connectivity index (χ4n) is 2.61. The van der Waals surface area contributed by atoms with E-state index in [1.807, 2.05) is 27.7 Å². The fourth-order valence-corrected chi connectivity index (χ4v) is 2.61. The normalized spacial score (nSPS) is 10.5. The van der Waals surface area contributed by atoms with Crippen LogP contribution in [0.1, 0.15) is 23.6 Å². The maximum Gasteiger partial charge on any atom is 0.275 e. The highest BCUT2D eigenvalue weighted by Gasteiger charge is 2.15. The number of rotatable bonds is 4. The molecule has 5 nitrogen and oxygen atoms in total. The van der Waals surface area contributed by atoms with Crippen LogP contribution in [0.3, 0.4) is 0 Å². The number of nitrogens with one attached hydrogen (secondary N) is 1. The van der Waals surface area contributed by atoms with E-state index in [1.165, 1.54) is 17.7 Å². The van der Waals surface area contributed by atoms with Gasteiger partial charge in [0.2, 0.25) is 0 Å². The lowest BCUT2D eigenvalue weighted by Gasteiger charge is -2.12. The summed E-state index contributed by atoms with van der Waals surface area (Å²) in [6, 6.07) is 7.13. The van der Waals surface area contributed by atoms with Crippen LogP contribution in [0.15, 0.2) is 24.3 Å². The van der Waals surface area contributed by atoms with E-state index in [9.17, 15) is 10.1 Å². The molecule has 0 radical (unpaired) electrons. The average molecular weight is 285 g/mol. The van der Waals surface area contributed by atoms with Crippen molar-refractivity contribution in [2.45, 2.75) is 27.7 Å². The summed E-state index contributed by atoms with van der Waals surface area (Å²) in [4.78, 5) is 15.2. The monoisotopic (exact) mass is 285 g/mol. The van der Waals surface area contributed by atoms with E-state index in [2.05, 4.69) is 22.4 Å². The molecular formula is C16H19N3O2. The number of benzene rings is 1. The molecule has 1 heterocycles. The van der Waals surface area contributed by atoms with Crippen molar-refractivity contribution in [1.29, 1.82) is 0 Å². The summed E-state index contributed by atoms with van der Waals surface area (Å²) in [6.45, 7) is 8.64. The average Bonchev–Trinajstić information content (AvgIpc) is 2.37. The SMILES string of the molecule is CCNc1cc([N+](=O)[O-])cc(-c2c(C)cc(C)cc2C)n1. The molecule has 1 N–H and O–H groups in total. The standard InChI is InChI=1S/C16H19N3O2/c1-5-17-15-9-13(19(20)21)8-14(18-15)16-11(3)6-10(2)7-12(16)4/h6-9H,5H2,1-4H3,(H,17,18). The molecule has 0 unspecified atom stereocenters. The first-order valence-corrected chi connectivity index (χ1v) is 6.91. The minimum Gasteiger partial charge on any atom is -0.370 e. The Morgan fingerprint density at radius 2 is 1.76 bits per heavy atom. The van der Waals surface area contributed by atoms with Crippen molar-refractivity contribution >= 4 is 11.5 Å². The predicted molar refractivity (Wildman–Crippen MR) is 84.7 cm³/mol. The zero-order chi connectivity index (χ0) is 15.6. The van der Waals surface area contributed by atoms with Crippen LogP contribution in [-0.2, 0) is 0 Å². The van der Waals surface area contributed by atoms with Gasteiger partial charge in [-0.2, -0.15) is 0 Å². The summed E-state index contributed by atoms with van der Waals surface area (Å²) in [6.07, 6.45) is 0. The van der Waals surface area contributed by atoms with E-state index in [0.717, 1.165) is 16.7 Å². The summed E-state index contributed by atoms with van der Waals surface area (Å²) < 4.78 is 0. The van der Waals surface area contributed by atoms with E-state index in [0.29, 0.717) is 18.1 Å². The maximum atomic E-state index is 11.1. The van der Waals surface area contributed by atoms with Gasteiger partial charge >= 0.3 is 0 Å². The van der Waals surface area contributed by atoms with Crippen molar-refractivity contribution in [1.82, 2.24) is 4.98 Å². The molecule has 5 heteroatoms. The molecule has 2 rings (SSSR count). The lowest BCUT2D eigenvalue weighted by Crippen LogP contribution is -2.03. The summed E-state index contributed by atoms with van der Waals surface area (Å²) in [5, 5.41) is 14.2. The number of aryl methyl sites for hydroxylation is 3. The molecule has 110 valence electrons. The summed E-state index contributed by atoms with van der Waals surface area (Å²) in [5.74, 6) is 0.529. The second-order valence-corrected chi connectivity index (χ2v) is 5.16. The summed E-state index contributed by atoms with van der Waals surface area (Å²) >= 11 is 0. The number of nitrogens with zero attached hydrogens (tertiary/aromatic N) is 2. The van der Waals surface area contributed by atoms with Crippen molar-refractivity contribution in [2.24, 2.45) is 0 Å². The number of anilines is 1. The molecule has 1 aromatic carbocycles. The first-order valence-electron chi connectivity index (χ1n) is 6.91. The number of nitro groups is 1. The third kappa shape index (κ3) is 3.18. The molecule has 2 aromatic rings. The molecule has 0 saturated carbocycles. The van der Waals surface area contributed by atoms with Crippen molar-refractivity contribution in [2.75, 3.05) is 11.9 Å². The molecule has 21 heavy (non-hydrogen) atoms. The molecule has 0 aliphatic carbocycles. The Labute approximate surface area is 124 Å². The van der Waals surface area contributed by atoms with Crippen molar-refractivity contribution in [3.05, 3.63) is 51.1 Å². The van der Waals surface area contributed by atoms with E-state index >= 15 is 0 Å². The molecule has 0 spiro atoms. The van der Waals surface area contributed by atoms with Gasteiger partial charge in [0.25, 0.3) is 5.69 Å². The lowest BCUT2D eigenvalue weighted by atomic mass is 9.97. The second kappa shape index (κ2) is 5.91. The molecule has 0 amide bonds. The maximum absolute atomic E-state index is 11.1. The molecule has 0 atom stereocenters. The van der Waals surface area contributed by atoms with Gasteiger partial charge in [0.15, 0.2) is 0 Å². The molecule has 0 aliphatic heterocycles. The number of hydrogen-bond acceptors (Lipinski definition) is 4. The van der Waals surface area contributed by atoms with Gasteiger partial charge in [0, 0.05) is 18.2 Å². The predicted octanol–water partition coefficient (Wildman–Crippen LogP) is 4.01. The molecule has 0 bridgehead atoms. The Bertz CT molecular complexity index is 673. The van der Waals surface area contributed by atoms with Gasteiger partial charge in [-0.05, 0) is 38.8 Å². The van der Waals surface area contributed by atoms with Crippen molar-refractivity contribution in [3.8, 4) is 11.3 Å². The van der Waals surface area contributed by atoms with E-state index in [4.69, 9.17) is 0 Å². The third-order valence-electron chi connectivity index (χ3n) is 3.31. The quantitative estimate of drug-likeness (QED) is 0.680. The summed E-state index contributed by atoms with van der Waals surface area (Å²) in [7, 11) is 0. The van der Waals surface area contributed by atoms with Gasteiger partial charge in [-0.3, -0.25) is 10.1 Å². The molecule has 1 aromatic heterocycles. The smallest absolute Gasteiger partial charge is 0.275 e. The van der Waals surface area contributed by atoms with Gasteiger partial charge < -0.3 is 5.32 Å². The van der Waals surface area contributed by atoms with E-state index < -0.39 is 0 Å². The molecule has 0 fully saturated rings. The Balaban J connectivity index is 2.65. The van der Waals surface area contributed by atoms with E-state index in [-0.39, 0.29) is 10.6 Å². The first kappa shape index (κ1) is 15.0. The highest BCUT2D eigenvalue weighted by Crippen LogP contribution is 2.30. The lowest BCUT2D eigenvalue weighted by molar-refractivity contribution is -0.384. The van der Waals surface area contributed by atoms with E-state index in [1.54, 1.807) is 0 Å². The topological polar surface area (TPSA) is 68.1 Å². The zero-order valence-corrected chi connectivity index (χ0v) is 12.7. The van der Waals surface area contributed by atoms with Gasteiger partial charge in [0.05, 0.1) is 16.7 Å². The highest BCUT2D eigenvalue weighted by molar-refractivity contribution is 5.71. The van der Waals surface area contributed by atoms with Crippen LogP contribution in [-0.4, -0.2) is 16.5 Å². The Morgan fingerprint density at radius 1 is 1.14 bits per heavy atom. The molecule has 0 aliphatic rings. The minimum atomic E-state index is -0.384. The van der Waals surface area contributed by atoms with Crippen molar-refractivity contribution in [3.63, 3.8) is 0 Å². The zero-order valence-electron chi connectivity index (χ0n) is 12.7. The molecule has 0 saturated heterocycles. The van der Waals surface area contributed by atoms with Crippen molar-refractivity contribution < 1.29 is 4.92 Å². The van der Waals surface area contributed by atoms with Gasteiger partial charge in [-0.1, -0.05) is 17.7 Å². The van der Waals surface area contributed by atoms with Crippen LogP contribution < -0.4 is 5.32 Å². The Kier molecular flexibility index (Phi) is 4.21. The van der Waals surface area contributed by atoms with Crippen LogP contribution in [0.25, 0.3) is 11.3 Å². The molecular weight excluding hydrogens is 266 g/mol. The second-order valence-electron chi connectivity index (χ2n) is 5.16. The largest absolute Gasteiger partial charge is 0.370 e. The Morgan fingerprint density at radius 3 is 2.29 bits per heavy atom. The van der Waals surface area contributed by atoms with Crippen LogP contribution in [0.2, 0.25) is 0 Å². The number of hydrogen-bond donors (Lipinski definition) is 1. The summed E-state index contributed by atoms with van der Waals surface area (Å²) in [5.41, 5.74) is 4.96. The first-order chi connectivity index (χ1) is 9.92. The van der Waals surface area contributed by atoms with Crippen LogP contribution in [0.5, 0.6) is 0 Å². The fraction of sp³-hybridized carbons (Fsp3) is 0.312. The Hall–Kier alpha value is -2.43. The van der Waals surface area contributed by atoms with Crippen LogP contribution in [0.4, 0.5) is 11.5 Å². The number of pyridine rings is 1. The minimum absolute atomic E-state index is 0.0512.